The number of nitrogens with zero attached hydrogens (tertiary/aromatic N) is 3. The van der Waals surface area contributed by atoms with Crippen LogP contribution in [0.15, 0.2) is 12.4 Å². The second-order valence-corrected chi connectivity index (χ2v) is 5.02. The van der Waals surface area contributed by atoms with Crippen LogP contribution in [0.4, 0.5) is 0 Å². The van der Waals surface area contributed by atoms with Crippen molar-refractivity contribution in [3.8, 4) is 0 Å². The van der Waals surface area contributed by atoms with Crippen LogP contribution in [0.5, 0.6) is 0 Å². The van der Waals surface area contributed by atoms with Gasteiger partial charge in [0.1, 0.15) is 5.82 Å². The van der Waals surface area contributed by atoms with Crippen molar-refractivity contribution in [1.82, 2.24) is 19.8 Å². The van der Waals surface area contributed by atoms with E-state index < -0.39 is 5.54 Å². The fraction of sp³-hybridized carbons (Fsp3) is 0.692. The zero-order valence-corrected chi connectivity index (χ0v) is 12.4. The van der Waals surface area contributed by atoms with Crippen molar-refractivity contribution in [2.24, 2.45) is 0 Å². The Bertz CT molecular complexity index is 415. The fourth-order valence-electron chi connectivity index (χ4n) is 1.77. The average molecular weight is 268 g/mol. The number of imidazole rings is 1. The standard InChI is InChI=1S/C13H24N4O2/c1-13(2,12(18)14-3)16(4)10-11-15-6-7-17(11)8-9-19-5/h6-7H,8-10H2,1-5H3,(H,14,18). The minimum Gasteiger partial charge on any atom is -0.383 e. The SMILES string of the molecule is CNC(=O)C(C)(C)N(C)Cc1nccn1CCOC. The summed E-state index contributed by atoms with van der Waals surface area (Å²) in [5, 5.41) is 2.69. The largest absolute Gasteiger partial charge is 0.383 e. The molecule has 0 atom stereocenters. The zero-order chi connectivity index (χ0) is 14.5. The van der Waals surface area contributed by atoms with Gasteiger partial charge in [-0.2, -0.15) is 0 Å². The molecule has 0 aliphatic heterocycles. The van der Waals surface area contributed by atoms with Gasteiger partial charge in [0, 0.05) is 33.1 Å². The van der Waals surface area contributed by atoms with Crippen LogP contribution in [0.1, 0.15) is 19.7 Å². The van der Waals surface area contributed by atoms with E-state index in [-0.39, 0.29) is 5.91 Å². The maximum absolute atomic E-state index is 11.9. The molecule has 1 heterocycles. The maximum Gasteiger partial charge on any atom is 0.239 e. The van der Waals surface area contributed by atoms with E-state index in [1.54, 1.807) is 20.4 Å². The summed E-state index contributed by atoms with van der Waals surface area (Å²) in [5.41, 5.74) is -0.577. The lowest BCUT2D eigenvalue weighted by molar-refractivity contribution is -0.130. The average Bonchev–Trinajstić information content (AvgIpc) is 2.82. The molecule has 1 aromatic heterocycles. The van der Waals surface area contributed by atoms with E-state index in [9.17, 15) is 4.79 Å². The monoisotopic (exact) mass is 268 g/mol. The molecule has 0 saturated heterocycles. The molecule has 1 N–H and O–H groups in total. The number of carbonyl (C=O) groups is 1. The first-order valence-corrected chi connectivity index (χ1v) is 6.35. The molecule has 1 rings (SSSR count). The van der Waals surface area contributed by atoms with E-state index in [2.05, 4.69) is 10.3 Å². The highest BCUT2D eigenvalue weighted by Crippen LogP contribution is 2.15. The third-order valence-corrected chi connectivity index (χ3v) is 3.45. The van der Waals surface area contributed by atoms with Crippen LogP contribution in [-0.2, 0) is 22.6 Å². The third-order valence-electron chi connectivity index (χ3n) is 3.45. The Labute approximate surface area is 114 Å². The van der Waals surface area contributed by atoms with Gasteiger partial charge >= 0.3 is 0 Å². The zero-order valence-electron chi connectivity index (χ0n) is 12.4. The summed E-state index contributed by atoms with van der Waals surface area (Å²) in [4.78, 5) is 18.2. The summed E-state index contributed by atoms with van der Waals surface area (Å²) in [6.07, 6.45) is 3.70. The third kappa shape index (κ3) is 3.78. The van der Waals surface area contributed by atoms with E-state index in [0.717, 1.165) is 12.4 Å². The lowest BCUT2D eigenvalue weighted by Crippen LogP contribution is -2.52. The summed E-state index contributed by atoms with van der Waals surface area (Å²) >= 11 is 0. The summed E-state index contributed by atoms with van der Waals surface area (Å²) < 4.78 is 7.11. The van der Waals surface area contributed by atoms with Crippen LogP contribution in [0.2, 0.25) is 0 Å². The van der Waals surface area contributed by atoms with Gasteiger partial charge in [0.15, 0.2) is 0 Å². The molecule has 1 amide bonds. The smallest absolute Gasteiger partial charge is 0.239 e. The van der Waals surface area contributed by atoms with Crippen molar-refractivity contribution in [2.45, 2.75) is 32.5 Å². The second kappa shape index (κ2) is 6.68. The molecule has 0 spiro atoms. The van der Waals surface area contributed by atoms with Crippen LogP contribution in [-0.4, -0.2) is 53.7 Å². The van der Waals surface area contributed by atoms with Crippen molar-refractivity contribution in [3.05, 3.63) is 18.2 Å². The summed E-state index contributed by atoms with van der Waals surface area (Å²) in [5.74, 6) is 0.918. The van der Waals surface area contributed by atoms with E-state index in [0.29, 0.717) is 13.2 Å². The molecule has 0 bridgehead atoms. The molecule has 0 saturated carbocycles. The minimum absolute atomic E-state index is 0.00926. The summed E-state index contributed by atoms with van der Waals surface area (Å²) in [6.45, 7) is 5.81. The normalized spacial score (nSPS) is 11.9. The van der Waals surface area contributed by atoms with E-state index >= 15 is 0 Å². The lowest BCUT2D eigenvalue weighted by Gasteiger charge is -2.33. The van der Waals surface area contributed by atoms with Crippen LogP contribution in [0.3, 0.4) is 0 Å². The molecule has 0 aliphatic carbocycles. The molecule has 0 unspecified atom stereocenters. The number of methoxy groups -OCH3 is 1. The number of aromatic nitrogens is 2. The van der Waals surface area contributed by atoms with Crippen molar-refractivity contribution >= 4 is 5.91 Å². The van der Waals surface area contributed by atoms with Gasteiger partial charge < -0.3 is 14.6 Å². The number of hydrogen-bond acceptors (Lipinski definition) is 4. The quantitative estimate of drug-likeness (QED) is 0.781. The molecule has 0 aromatic carbocycles. The Hall–Kier alpha value is -1.40. The molecule has 0 aliphatic rings. The maximum atomic E-state index is 11.9. The van der Waals surface area contributed by atoms with E-state index in [4.69, 9.17) is 4.74 Å². The van der Waals surface area contributed by atoms with E-state index in [1.807, 2.05) is 36.6 Å². The number of likely N-dealkylation sites (N-methyl/N-ethyl adjacent to an activating group) is 2. The topological polar surface area (TPSA) is 59.4 Å². The molecule has 1 aromatic rings. The Morgan fingerprint density at radius 3 is 2.84 bits per heavy atom. The molecule has 0 radical (unpaired) electrons. The van der Waals surface area contributed by atoms with Crippen LogP contribution in [0, 0.1) is 0 Å². The number of hydrogen-bond donors (Lipinski definition) is 1. The van der Waals surface area contributed by atoms with E-state index in [1.165, 1.54) is 0 Å². The summed E-state index contributed by atoms with van der Waals surface area (Å²) in [7, 11) is 5.25. The molecular weight excluding hydrogens is 244 g/mol. The van der Waals surface area contributed by atoms with Crippen LogP contribution in [0.25, 0.3) is 0 Å². The molecule has 19 heavy (non-hydrogen) atoms. The number of nitrogens with one attached hydrogen (secondary N) is 1. The van der Waals surface area contributed by atoms with Crippen LogP contribution < -0.4 is 5.32 Å². The van der Waals surface area contributed by atoms with Crippen molar-refractivity contribution in [3.63, 3.8) is 0 Å². The number of amides is 1. The molecular formula is C13H24N4O2. The lowest BCUT2D eigenvalue weighted by atomic mass is 10.0. The second-order valence-electron chi connectivity index (χ2n) is 5.02. The van der Waals surface area contributed by atoms with Gasteiger partial charge in [0.2, 0.25) is 5.91 Å². The van der Waals surface area contributed by atoms with Gasteiger partial charge in [-0.05, 0) is 20.9 Å². The van der Waals surface area contributed by atoms with Gasteiger partial charge in [-0.1, -0.05) is 0 Å². The van der Waals surface area contributed by atoms with Gasteiger partial charge in [-0.3, -0.25) is 9.69 Å². The highest BCUT2D eigenvalue weighted by Gasteiger charge is 2.31. The van der Waals surface area contributed by atoms with Crippen molar-refractivity contribution in [1.29, 1.82) is 0 Å². The first-order chi connectivity index (χ1) is 8.93. The minimum atomic E-state index is -0.577. The first kappa shape index (κ1) is 15.7. The first-order valence-electron chi connectivity index (χ1n) is 6.35. The van der Waals surface area contributed by atoms with Crippen molar-refractivity contribution in [2.75, 3.05) is 27.8 Å². The van der Waals surface area contributed by atoms with Gasteiger partial charge in [0.05, 0.1) is 18.7 Å². The highest BCUT2D eigenvalue weighted by molar-refractivity contribution is 5.85. The Morgan fingerprint density at radius 2 is 2.26 bits per heavy atom. The molecule has 108 valence electrons. The fourth-order valence-corrected chi connectivity index (χ4v) is 1.77. The molecule has 6 nitrogen and oxygen atoms in total. The van der Waals surface area contributed by atoms with Gasteiger partial charge in [0.25, 0.3) is 0 Å². The molecule has 6 heteroatoms. The number of rotatable bonds is 7. The Morgan fingerprint density at radius 1 is 1.58 bits per heavy atom. The Balaban J connectivity index is 2.74. The predicted molar refractivity (Wildman–Crippen MR) is 73.7 cm³/mol. The highest BCUT2D eigenvalue weighted by atomic mass is 16.5. The van der Waals surface area contributed by atoms with Gasteiger partial charge in [-0.15, -0.1) is 0 Å². The predicted octanol–water partition coefficient (Wildman–Crippen LogP) is 0.486. The van der Waals surface area contributed by atoms with Crippen LogP contribution >= 0.6 is 0 Å². The van der Waals surface area contributed by atoms with Crippen molar-refractivity contribution < 1.29 is 9.53 Å². The number of ether oxygens (including phenoxy) is 1. The summed E-state index contributed by atoms with van der Waals surface area (Å²) in [6, 6.07) is 0. The number of carbonyl (C=O) groups excluding carboxylic acids is 1. The Kier molecular flexibility index (Phi) is 5.50. The van der Waals surface area contributed by atoms with Gasteiger partial charge in [-0.25, -0.2) is 4.98 Å². The molecule has 0 fully saturated rings.